The van der Waals surface area contributed by atoms with E-state index in [0.717, 1.165) is 11.8 Å². The van der Waals surface area contributed by atoms with Crippen molar-refractivity contribution in [2.75, 3.05) is 6.26 Å². The van der Waals surface area contributed by atoms with Gasteiger partial charge in [-0.25, -0.2) is 0 Å². The van der Waals surface area contributed by atoms with Crippen molar-refractivity contribution in [3.63, 3.8) is 0 Å². The predicted octanol–water partition coefficient (Wildman–Crippen LogP) is 2.51. The Hall–Kier alpha value is -0.430. The minimum Gasteiger partial charge on any atom is -0.393 e. The van der Waals surface area contributed by atoms with Crippen LogP contribution in [0.4, 0.5) is 0 Å². The topological polar surface area (TPSA) is 94.8 Å². The zero-order valence-electron chi connectivity index (χ0n) is 16.6. The first-order chi connectivity index (χ1) is 11.5. The number of Topliss-reactive ketones (excluding diaryl/α,β-unsaturated/α-hetero) is 1. The van der Waals surface area contributed by atoms with Crippen LogP contribution in [0.5, 0.6) is 0 Å². The first-order valence-corrected chi connectivity index (χ1v) is 10.4. The van der Waals surface area contributed by atoms with Crippen molar-refractivity contribution < 1.29 is 24.9 Å². The second-order valence-corrected chi connectivity index (χ2v) is 8.24. The molecule has 0 bridgehead atoms. The molecule has 0 heterocycles. The van der Waals surface area contributed by atoms with E-state index in [9.17, 15) is 24.9 Å². The van der Waals surface area contributed by atoms with Crippen molar-refractivity contribution in [1.29, 1.82) is 0 Å². The molecule has 0 saturated heterocycles. The number of carbonyl (C=O) groups excluding carboxylic acids is 2. The third kappa shape index (κ3) is 7.00. The number of aliphatic hydroxyl groups excluding tert-OH is 3. The molecule has 0 aliphatic heterocycles. The fourth-order valence-corrected chi connectivity index (χ4v) is 3.81. The molecule has 8 atom stereocenters. The summed E-state index contributed by atoms with van der Waals surface area (Å²) < 4.78 is 0. The van der Waals surface area contributed by atoms with Crippen LogP contribution in [0.2, 0.25) is 0 Å². The molecule has 5 nitrogen and oxygen atoms in total. The molecule has 0 unspecified atom stereocenters. The van der Waals surface area contributed by atoms with Gasteiger partial charge in [0.25, 0.3) is 0 Å². The zero-order chi connectivity index (χ0) is 19.9. The van der Waals surface area contributed by atoms with Crippen molar-refractivity contribution >= 4 is 22.7 Å². The molecule has 0 spiro atoms. The van der Waals surface area contributed by atoms with Gasteiger partial charge < -0.3 is 15.3 Å². The molecule has 6 heteroatoms. The van der Waals surface area contributed by atoms with Crippen LogP contribution in [0.3, 0.4) is 0 Å². The molecule has 0 aromatic rings. The molecule has 0 fully saturated rings. The summed E-state index contributed by atoms with van der Waals surface area (Å²) in [7, 11) is 0. The van der Waals surface area contributed by atoms with Gasteiger partial charge >= 0.3 is 0 Å². The normalized spacial score (nSPS) is 21.5. The average molecular weight is 377 g/mol. The Morgan fingerprint density at radius 3 is 1.88 bits per heavy atom. The lowest BCUT2D eigenvalue weighted by molar-refractivity contribution is -0.132. The van der Waals surface area contributed by atoms with E-state index in [1.165, 1.54) is 0 Å². The Bertz CT molecular complexity index is 428. The molecular weight excluding hydrogens is 340 g/mol. The molecular formula is C19H36O5S. The minimum absolute atomic E-state index is 0.0653. The third-order valence-corrected chi connectivity index (χ3v) is 6.18. The second kappa shape index (κ2) is 11.3. The fraction of sp³-hybridized carbons (Fsp3) is 0.895. The lowest BCUT2D eigenvalue weighted by Crippen LogP contribution is -2.39. The van der Waals surface area contributed by atoms with E-state index in [-0.39, 0.29) is 28.7 Å². The van der Waals surface area contributed by atoms with Crippen LogP contribution in [0, 0.1) is 29.6 Å². The Morgan fingerprint density at radius 2 is 1.44 bits per heavy atom. The molecule has 0 aromatic heterocycles. The summed E-state index contributed by atoms with van der Waals surface area (Å²) in [4.78, 5) is 24.3. The first kappa shape index (κ1) is 24.6. The molecule has 0 aromatic carbocycles. The molecule has 0 saturated carbocycles. The largest absolute Gasteiger partial charge is 0.393 e. The van der Waals surface area contributed by atoms with Gasteiger partial charge in [0.15, 0.2) is 5.12 Å². The van der Waals surface area contributed by atoms with Crippen molar-refractivity contribution in [2.45, 2.75) is 72.7 Å². The van der Waals surface area contributed by atoms with E-state index in [4.69, 9.17) is 0 Å². The Kier molecular flexibility index (Phi) is 11.1. The van der Waals surface area contributed by atoms with Gasteiger partial charge in [0.05, 0.1) is 24.2 Å². The number of carbonyl (C=O) groups is 2. The number of hydrogen-bond acceptors (Lipinski definition) is 6. The van der Waals surface area contributed by atoms with Crippen LogP contribution in [0.15, 0.2) is 0 Å². The molecule has 0 rings (SSSR count). The summed E-state index contributed by atoms with van der Waals surface area (Å²) in [6.45, 7) is 10.6. The van der Waals surface area contributed by atoms with E-state index in [2.05, 4.69) is 0 Å². The summed E-state index contributed by atoms with van der Waals surface area (Å²) in [5.74, 6) is -2.05. The number of hydrogen-bond donors (Lipinski definition) is 3. The highest BCUT2D eigenvalue weighted by molar-refractivity contribution is 8.13. The molecule has 0 radical (unpaired) electrons. The van der Waals surface area contributed by atoms with Crippen LogP contribution in [0.1, 0.15) is 54.4 Å². The predicted molar refractivity (Wildman–Crippen MR) is 102 cm³/mol. The van der Waals surface area contributed by atoms with Crippen LogP contribution in [-0.2, 0) is 9.59 Å². The van der Waals surface area contributed by atoms with Crippen LogP contribution >= 0.6 is 11.8 Å². The number of rotatable bonds is 11. The van der Waals surface area contributed by atoms with E-state index in [1.807, 2.05) is 13.8 Å². The Labute approximate surface area is 156 Å². The first-order valence-electron chi connectivity index (χ1n) is 9.15. The summed E-state index contributed by atoms with van der Waals surface area (Å²) in [5, 5.41) is 30.5. The van der Waals surface area contributed by atoms with Gasteiger partial charge in [0, 0.05) is 17.8 Å². The van der Waals surface area contributed by atoms with Gasteiger partial charge in [0.2, 0.25) is 0 Å². The lowest BCUT2D eigenvalue weighted by Gasteiger charge is -2.30. The second-order valence-electron chi connectivity index (χ2n) is 7.43. The molecule has 0 amide bonds. The number of thioether (sulfide) groups is 1. The van der Waals surface area contributed by atoms with Gasteiger partial charge in [-0.3, -0.25) is 9.59 Å². The average Bonchev–Trinajstić information content (AvgIpc) is 2.62. The highest BCUT2D eigenvalue weighted by Crippen LogP contribution is 2.27. The Balaban J connectivity index is 4.80. The van der Waals surface area contributed by atoms with Crippen molar-refractivity contribution in [3.8, 4) is 0 Å². The summed E-state index contributed by atoms with van der Waals surface area (Å²) in [6.07, 6.45) is 0.336. The van der Waals surface area contributed by atoms with E-state index >= 15 is 0 Å². The summed E-state index contributed by atoms with van der Waals surface area (Å²) in [5.41, 5.74) is 0. The zero-order valence-corrected chi connectivity index (χ0v) is 17.4. The lowest BCUT2D eigenvalue weighted by atomic mass is 9.79. The quantitative estimate of drug-likeness (QED) is 0.513. The van der Waals surface area contributed by atoms with Crippen molar-refractivity contribution in [1.82, 2.24) is 0 Å². The summed E-state index contributed by atoms with van der Waals surface area (Å²) in [6, 6.07) is 0. The van der Waals surface area contributed by atoms with E-state index in [0.29, 0.717) is 12.8 Å². The highest BCUT2D eigenvalue weighted by Gasteiger charge is 2.34. The maximum Gasteiger partial charge on any atom is 0.194 e. The maximum absolute atomic E-state index is 12.6. The van der Waals surface area contributed by atoms with Gasteiger partial charge in [-0.2, -0.15) is 0 Å². The molecule has 25 heavy (non-hydrogen) atoms. The Morgan fingerprint density at radius 1 is 0.920 bits per heavy atom. The van der Waals surface area contributed by atoms with E-state index < -0.39 is 30.1 Å². The SMILES string of the molecule is CC[C@@H](O)[C@H](C)[C@H](O)[C@@H](C)C(=O)[C@H](C)C[C@H](C)[C@H](O)[C@@H](C)C(=O)SC. The molecule has 3 N–H and O–H groups in total. The monoisotopic (exact) mass is 376 g/mol. The van der Waals surface area contributed by atoms with Crippen molar-refractivity contribution in [2.24, 2.45) is 29.6 Å². The van der Waals surface area contributed by atoms with Gasteiger partial charge in [-0.05, 0) is 25.0 Å². The summed E-state index contributed by atoms with van der Waals surface area (Å²) >= 11 is 1.10. The molecule has 0 aliphatic carbocycles. The van der Waals surface area contributed by atoms with Crippen LogP contribution < -0.4 is 0 Å². The van der Waals surface area contributed by atoms with Crippen LogP contribution in [-0.4, -0.2) is 50.8 Å². The smallest absolute Gasteiger partial charge is 0.194 e. The highest BCUT2D eigenvalue weighted by atomic mass is 32.2. The minimum atomic E-state index is -0.901. The van der Waals surface area contributed by atoms with Gasteiger partial charge in [0.1, 0.15) is 5.78 Å². The molecule has 148 valence electrons. The van der Waals surface area contributed by atoms with Gasteiger partial charge in [-0.1, -0.05) is 53.3 Å². The number of ketones is 1. The third-order valence-electron chi connectivity index (χ3n) is 5.40. The van der Waals surface area contributed by atoms with Gasteiger partial charge in [-0.15, -0.1) is 0 Å². The standard InChI is InChI=1S/C19H36O5S/c1-8-15(20)12(4)18(23)13(5)16(21)10(2)9-11(3)17(22)14(6)19(24)25-7/h10-15,17-18,20,22-23H,8-9H2,1-7H3/t10-,11+,12+,13+,14-,15-,17+,18+/m1/s1. The fourth-order valence-electron chi connectivity index (χ4n) is 3.30. The maximum atomic E-state index is 12.6. The molecule has 0 aliphatic rings. The number of aliphatic hydroxyl groups is 3. The van der Waals surface area contributed by atoms with Crippen molar-refractivity contribution in [3.05, 3.63) is 0 Å². The van der Waals surface area contributed by atoms with E-state index in [1.54, 1.807) is 34.0 Å². The van der Waals surface area contributed by atoms with Crippen LogP contribution in [0.25, 0.3) is 0 Å².